The maximum absolute atomic E-state index is 12.3. The molecule has 5 nitrogen and oxygen atoms in total. The highest BCUT2D eigenvalue weighted by molar-refractivity contribution is 7.99. The fraction of sp³-hybridized carbons (Fsp3) is 0.333. The van der Waals surface area contributed by atoms with Crippen LogP contribution in [0.1, 0.15) is 25.7 Å². The molecule has 2 aromatic carbocycles. The predicted molar refractivity (Wildman–Crippen MR) is 109 cm³/mol. The van der Waals surface area contributed by atoms with Crippen molar-refractivity contribution in [3.8, 4) is 11.4 Å². The van der Waals surface area contributed by atoms with Crippen molar-refractivity contribution in [2.45, 2.75) is 36.9 Å². The second-order valence-corrected chi connectivity index (χ2v) is 7.70. The van der Waals surface area contributed by atoms with Gasteiger partial charge < -0.3 is 10.1 Å². The van der Waals surface area contributed by atoms with Gasteiger partial charge in [-0.25, -0.2) is 4.98 Å². The van der Waals surface area contributed by atoms with E-state index < -0.39 is 0 Å². The Balaban J connectivity index is 1.58. The van der Waals surface area contributed by atoms with Crippen molar-refractivity contribution >= 4 is 28.7 Å². The zero-order valence-corrected chi connectivity index (χ0v) is 16.2. The molecule has 1 saturated carbocycles. The van der Waals surface area contributed by atoms with E-state index in [4.69, 9.17) is 9.72 Å². The summed E-state index contributed by atoms with van der Waals surface area (Å²) < 4.78 is 7.36. The third kappa shape index (κ3) is 3.95. The molecule has 3 aromatic rings. The number of methoxy groups -OCH3 is 1. The van der Waals surface area contributed by atoms with Gasteiger partial charge in [-0.3, -0.25) is 9.36 Å². The molecule has 140 valence electrons. The second-order valence-electron chi connectivity index (χ2n) is 6.75. The van der Waals surface area contributed by atoms with Gasteiger partial charge in [0.1, 0.15) is 5.75 Å². The number of imidazole rings is 1. The standard InChI is InChI=1S/C21H23N3O2S/c1-26-17-12-10-16(11-13-17)24-19-9-5-4-8-18(19)23-21(24)27-14-20(25)22-15-6-2-3-7-15/h4-5,8-13,15H,2-3,6-7,14H2,1H3,(H,22,25). The number of benzene rings is 2. The molecule has 27 heavy (non-hydrogen) atoms. The van der Waals surface area contributed by atoms with E-state index >= 15 is 0 Å². The number of carbonyl (C=O) groups excluding carboxylic acids is 1. The van der Waals surface area contributed by atoms with Crippen LogP contribution in [0.5, 0.6) is 5.75 Å². The molecular formula is C21H23N3O2S. The van der Waals surface area contributed by atoms with Crippen LogP contribution in [0.3, 0.4) is 0 Å². The molecule has 1 amide bonds. The molecule has 0 saturated heterocycles. The zero-order valence-electron chi connectivity index (χ0n) is 15.4. The highest BCUT2D eigenvalue weighted by Crippen LogP contribution is 2.29. The lowest BCUT2D eigenvalue weighted by atomic mass is 10.2. The lowest BCUT2D eigenvalue weighted by molar-refractivity contribution is -0.119. The van der Waals surface area contributed by atoms with Crippen LogP contribution in [-0.2, 0) is 4.79 Å². The van der Waals surface area contributed by atoms with Crippen molar-refractivity contribution in [1.82, 2.24) is 14.9 Å². The van der Waals surface area contributed by atoms with E-state index in [1.54, 1.807) is 7.11 Å². The Labute approximate surface area is 163 Å². The summed E-state index contributed by atoms with van der Waals surface area (Å²) >= 11 is 1.48. The molecule has 0 atom stereocenters. The van der Waals surface area contributed by atoms with E-state index in [1.807, 2.05) is 42.5 Å². The Morgan fingerprint density at radius 3 is 2.67 bits per heavy atom. The Hall–Kier alpha value is -2.47. The molecule has 0 radical (unpaired) electrons. The van der Waals surface area contributed by atoms with Crippen LogP contribution >= 0.6 is 11.8 Å². The van der Waals surface area contributed by atoms with E-state index in [2.05, 4.69) is 16.0 Å². The summed E-state index contributed by atoms with van der Waals surface area (Å²) in [6.07, 6.45) is 4.62. The van der Waals surface area contributed by atoms with Crippen molar-refractivity contribution in [3.05, 3.63) is 48.5 Å². The van der Waals surface area contributed by atoms with Crippen LogP contribution in [0.4, 0.5) is 0 Å². The second kappa shape index (κ2) is 8.05. The van der Waals surface area contributed by atoms with Crippen LogP contribution in [0.25, 0.3) is 16.7 Å². The number of aromatic nitrogens is 2. The maximum Gasteiger partial charge on any atom is 0.230 e. The van der Waals surface area contributed by atoms with Gasteiger partial charge in [0.15, 0.2) is 5.16 Å². The van der Waals surface area contributed by atoms with E-state index in [1.165, 1.54) is 24.6 Å². The number of nitrogens with zero attached hydrogens (tertiary/aromatic N) is 2. The van der Waals surface area contributed by atoms with Gasteiger partial charge in [0.2, 0.25) is 5.91 Å². The molecule has 1 fully saturated rings. The molecule has 6 heteroatoms. The van der Waals surface area contributed by atoms with Gasteiger partial charge in [0, 0.05) is 11.7 Å². The van der Waals surface area contributed by atoms with Crippen LogP contribution in [0.15, 0.2) is 53.7 Å². The number of carbonyl (C=O) groups is 1. The number of nitrogens with one attached hydrogen (secondary N) is 1. The minimum absolute atomic E-state index is 0.0836. The number of fused-ring (bicyclic) bond motifs is 1. The van der Waals surface area contributed by atoms with Gasteiger partial charge in [0.25, 0.3) is 0 Å². The SMILES string of the molecule is COc1ccc(-n2c(SCC(=O)NC3CCCC3)nc3ccccc32)cc1. The van der Waals surface area contributed by atoms with E-state index in [9.17, 15) is 4.79 Å². The van der Waals surface area contributed by atoms with Crippen LogP contribution in [0, 0.1) is 0 Å². The number of para-hydroxylation sites is 2. The lowest BCUT2D eigenvalue weighted by Crippen LogP contribution is -2.33. The minimum Gasteiger partial charge on any atom is -0.497 e. The van der Waals surface area contributed by atoms with Gasteiger partial charge >= 0.3 is 0 Å². The zero-order chi connectivity index (χ0) is 18.6. The first kappa shape index (κ1) is 17.9. The molecule has 0 aliphatic heterocycles. The van der Waals surface area contributed by atoms with Crippen molar-refractivity contribution in [2.75, 3.05) is 12.9 Å². The fourth-order valence-corrected chi connectivity index (χ4v) is 4.39. The number of rotatable bonds is 6. The van der Waals surface area contributed by atoms with Gasteiger partial charge in [0.05, 0.1) is 23.9 Å². The molecule has 1 aromatic heterocycles. The van der Waals surface area contributed by atoms with Crippen LogP contribution < -0.4 is 10.1 Å². The molecule has 0 spiro atoms. The third-order valence-electron chi connectivity index (χ3n) is 4.91. The number of hydrogen-bond donors (Lipinski definition) is 1. The highest BCUT2D eigenvalue weighted by atomic mass is 32.2. The average Bonchev–Trinajstić information content (AvgIpc) is 3.33. The first-order valence-corrected chi connectivity index (χ1v) is 10.3. The Morgan fingerprint density at radius 1 is 1.19 bits per heavy atom. The first-order valence-electron chi connectivity index (χ1n) is 9.28. The summed E-state index contributed by atoms with van der Waals surface area (Å²) in [4.78, 5) is 17.1. The van der Waals surface area contributed by atoms with Crippen molar-refractivity contribution in [2.24, 2.45) is 0 Å². The third-order valence-corrected chi connectivity index (χ3v) is 5.85. The number of ether oxygens (including phenoxy) is 1. The van der Waals surface area contributed by atoms with E-state index in [-0.39, 0.29) is 5.91 Å². The molecule has 4 rings (SSSR count). The predicted octanol–water partition coefficient (Wildman–Crippen LogP) is 4.19. The van der Waals surface area contributed by atoms with Crippen LogP contribution in [0.2, 0.25) is 0 Å². The smallest absolute Gasteiger partial charge is 0.230 e. The van der Waals surface area contributed by atoms with Gasteiger partial charge in [-0.15, -0.1) is 0 Å². The Morgan fingerprint density at radius 2 is 1.93 bits per heavy atom. The lowest BCUT2D eigenvalue weighted by Gasteiger charge is -2.12. The summed E-state index contributed by atoms with van der Waals surface area (Å²) in [5, 5.41) is 3.97. The van der Waals surface area contributed by atoms with Crippen molar-refractivity contribution in [3.63, 3.8) is 0 Å². The monoisotopic (exact) mass is 381 g/mol. The molecule has 0 unspecified atom stereocenters. The summed E-state index contributed by atoms with van der Waals surface area (Å²) in [7, 11) is 1.66. The number of thioether (sulfide) groups is 1. The van der Waals surface area contributed by atoms with E-state index in [0.717, 1.165) is 40.5 Å². The Bertz CT molecular complexity index is 930. The summed E-state index contributed by atoms with van der Waals surface area (Å²) in [5.41, 5.74) is 2.96. The van der Waals surface area contributed by atoms with Crippen LogP contribution in [-0.4, -0.2) is 34.4 Å². The molecule has 0 bridgehead atoms. The fourth-order valence-electron chi connectivity index (χ4n) is 3.55. The highest BCUT2D eigenvalue weighted by Gasteiger charge is 2.19. The molecule has 1 heterocycles. The molecule has 1 aliphatic rings. The largest absolute Gasteiger partial charge is 0.497 e. The summed E-state index contributed by atoms with van der Waals surface area (Å²) in [6.45, 7) is 0. The summed E-state index contributed by atoms with van der Waals surface area (Å²) in [6, 6.07) is 16.3. The minimum atomic E-state index is 0.0836. The number of hydrogen-bond acceptors (Lipinski definition) is 4. The molecule has 1 N–H and O–H groups in total. The summed E-state index contributed by atoms with van der Waals surface area (Å²) in [5.74, 6) is 1.27. The molecular weight excluding hydrogens is 358 g/mol. The Kier molecular flexibility index (Phi) is 5.34. The normalized spacial score (nSPS) is 14.6. The first-order chi connectivity index (χ1) is 13.2. The maximum atomic E-state index is 12.3. The van der Waals surface area contributed by atoms with Gasteiger partial charge in [-0.1, -0.05) is 36.7 Å². The molecule has 1 aliphatic carbocycles. The topological polar surface area (TPSA) is 56.1 Å². The van der Waals surface area contributed by atoms with E-state index in [0.29, 0.717) is 11.8 Å². The van der Waals surface area contributed by atoms with Gasteiger partial charge in [-0.05, 0) is 49.2 Å². The number of amides is 1. The van der Waals surface area contributed by atoms with Crippen molar-refractivity contribution < 1.29 is 9.53 Å². The van der Waals surface area contributed by atoms with Gasteiger partial charge in [-0.2, -0.15) is 0 Å². The quantitative estimate of drug-likeness (QED) is 0.651. The van der Waals surface area contributed by atoms with Crippen molar-refractivity contribution in [1.29, 1.82) is 0 Å². The average molecular weight is 382 g/mol.